The van der Waals surface area contributed by atoms with Crippen molar-refractivity contribution in [2.24, 2.45) is 0 Å². The lowest BCUT2D eigenvalue weighted by molar-refractivity contribution is -0.142. The average molecular weight is 420 g/mol. The van der Waals surface area contributed by atoms with E-state index < -0.39 is 33.1 Å². The van der Waals surface area contributed by atoms with Crippen molar-refractivity contribution >= 4 is 45.0 Å². The van der Waals surface area contributed by atoms with E-state index >= 15 is 0 Å². The lowest BCUT2D eigenvalue weighted by atomic mass is 9.91. The van der Waals surface area contributed by atoms with Crippen molar-refractivity contribution in [2.75, 3.05) is 12.3 Å². The number of ether oxygens (including phenoxy) is 2. The number of rotatable bonds is 3. The second-order valence-electron chi connectivity index (χ2n) is 6.06. The molecule has 0 saturated carbocycles. The third-order valence-corrected chi connectivity index (χ3v) is 6.74. The fourth-order valence-corrected chi connectivity index (χ4v) is 4.64. The number of nitrogens with zero attached hydrogens (tertiary/aromatic N) is 1. The Morgan fingerprint density at radius 2 is 2.00 bits per heavy atom. The summed E-state index contributed by atoms with van der Waals surface area (Å²) in [5.41, 5.74) is -1.25. The van der Waals surface area contributed by atoms with Crippen LogP contribution in [0.15, 0.2) is 29.8 Å². The third kappa shape index (κ3) is 3.06. The number of hydrogen-bond acceptors (Lipinski definition) is 6. The van der Waals surface area contributed by atoms with Gasteiger partial charge in [0.05, 0.1) is 15.8 Å². The summed E-state index contributed by atoms with van der Waals surface area (Å²) in [5.74, 6) is -2.23. The van der Waals surface area contributed by atoms with Gasteiger partial charge in [0.25, 0.3) is 11.7 Å². The molecule has 0 amide bonds. The van der Waals surface area contributed by atoms with E-state index in [4.69, 9.17) is 32.7 Å². The van der Waals surface area contributed by atoms with Crippen molar-refractivity contribution in [2.45, 2.75) is 25.9 Å². The Hall–Kier alpha value is -1.77. The van der Waals surface area contributed by atoms with E-state index in [0.717, 1.165) is 11.2 Å². The van der Waals surface area contributed by atoms with Crippen molar-refractivity contribution in [1.82, 2.24) is 4.31 Å². The van der Waals surface area contributed by atoms with Crippen LogP contribution < -0.4 is 0 Å². The molecule has 10 heteroatoms. The number of sulfonamides is 1. The molecule has 1 atom stereocenters. The topological polar surface area (TPSA) is 90.0 Å². The molecule has 1 unspecified atom stereocenters. The lowest BCUT2D eigenvalue weighted by Crippen LogP contribution is -2.33. The Morgan fingerprint density at radius 1 is 1.31 bits per heavy atom. The van der Waals surface area contributed by atoms with Crippen LogP contribution in [0.1, 0.15) is 25.8 Å². The first-order valence-corrected chi connectivity index (χ1v) is 10.1. The van der Waals surface area contributed by atoms with E-state index in [1.165, 1.54) is 19.1 Å². The first kappa shape index (κ1) is 19.0. The standard InChI is InChI=1S/C16H15Cl2NO6S/c1-9(20)24-13-14(21)16(2,10-4-5-11(17)12(18)8-10)25-15(13)19-6-3-7-26(19,22)23/h4-5,8H,3,6-7H2,1-2H3. The molecular weight excluding hydrogens is 405 g/mol. The van der Waals surface area contributed by atoms with E-state index in [-0.39, 0.29) is 23.2 Å². The Bertz CT molecular complexity index is 942. The van der Waals surface area contributed by atoms with E-state index in [1.807, 2.05) is 0 Å². The van der Waals surface area contributed by atoms with Crippen LogP contribution in [-0.4, -0.2) is 36.8 Å². The Balaban J connectivity index is 2.09. The van der Waals surface area contributed by atoms with Crippen molar-refractivity contribution in [3.05, 3.63) is 45.5 Å². The number of hydrogen-bond donors (Lipinski definition) is 0. The summed E-state index contributed by atoms with van der Waals surface area (Å²) >= 11 is 11.9. The average Bonchev–Trinajstić information content (AvgIpc) is 3.01. The molecule has 1 saturated heterocycles. The van der Waals surface area contributed by atoms with Crippen molar-refractivity contribution in [3.63, 3.8) is 0 Å². The summed E-state index contributed by atoms with van der Waals surface area (Å²) in [4.78, 5) is 24.4. The number of carbonyl (C=O) groups excluding carboxylic acids is 2. The number of benzene rings is 1. The van der Waals surface area contributed by atoms with Crippen LogP contribution in [-0.2, 0) is 34.7 Å². The second-order valence-corrected chi connectivity index (χ2v) is 8.89. The van der Waals surface area contributed by atoms with Crippen LogP contribution in [0.4, 0.5) is 0 Å². The van der Waals surface area contributed by atoms with Gasteiger partial charge in [-0.05, 0) is 25.5 Å². The lowest BCUT2D eigenvalue weighted by Gasteiger charge is -2.26. The molecule has 0 bridgehead atoms. The summed E-state index contributed by atoms with van der Waals surface area (Å²) in [5, 5.41) is 0.498. The molecule has 0 aliphatic carbocycles. The molecule has 2 aliphatic rings. The summed E-state index contributed by atoms with van der Waals surface area (Å²) in [6.45, 7) is 2.70. The van der Waals surface area contributed by atoms with Crippen LogP contribution in [0.3, 0.4) is 0 Å². The predicted molar refractivity (Wildman–Crippen MR) is 93.8 cm³/mol. The SMILES string of the molecule is CC(=O)OC1=C(N2CCCS2(=O)=O)OC(C)(c2ccc(Cl)c(Cl)c2)C1=O. The van der Waals surface area contributed by atoms with E-state index in [0.29, 0.717) is 17.0 Å². The number of carbonyl (C=O) groups is 2. The summed E-state index contributed by atoms with van der Waals surface area (Å²) in [6, 6.07) is 4.49. The Morgan fingerprint density at radius 3 is 2.54 bits per heavy atom. The van der Waals surface area contributed by atoms with Gasteiger partial charge in [0.1, 0.15) is 0 Å². The van der Waals surface area contributed by atoms with Gasteiger partial charge in [-0.1, -0.05) is 29.3 Å². The fraction of sp³-hybridized carbons (Fsp3) is 0.375. The molecule has 26 heavy (non-hydrogen) atoms. The maximum absolute atomic E-state index is 13.0. The molecule has 2 aliphatic heterocycles. The number of halogens is 2. The number of ketones is 1. The second kappa shape index (κ2) is 6.44. The molecule has 140 valence electrons. The third-order valence-electron chi connectivity index (χ3n) is 4.18. The molecule has 1 fully saturated rings. The molecule has 3 rings (SSSR count). The molecular formula is C16H15Cl2NO6S. The summed E-state index contributed by atoms with van der Waals surface area (Å²) in [7, 11) is -3.65. The first-order valence-electron chi connectivity index (χ1n) is 7.69. The molecule has 0 N–H and O–H groups in total. The van der Waals surface area contributed by atoms with Gasteiger partial charge in [-0.2, -0.15) is 0 Å². The highest BCUT2D eigenvalue weighted by Crippen LogP contribution is 2.43. The largest absolute Gasteiger partial charge is 0.456 e. The molecule has 1 aromatic rings. The molecule has 0 spiro atoms. The van der Waals surface area contributed by atoms with E-state index in [2.05, 4.69) is 0 Å². The van der Waals surface area contributed by atoms with Crippen LogP contribution in [0.25, 0.3) is 0 Å². The van der Waals surface area contributed by atoms with Gasteiger partial charge < -0.3 is 9.47 Å². The zero-order chi connectivity index (χ0) is 19.3. The van der Waals surface area contributed by atoms with Crippen molar-refractivity contribution in [3.8, 4) is 0 Å². The van der Waals surface area contributed by atoms with Gasteiger partial charge in [-0.15, -0.1) is 0 Å². The van der Waals surface area contributed by atoms with Crippen LogP contribution in [0, 0.1) is 0 Å². The van der Waals surface area contributed by atoms with Crippen molar-refractivity contribution in [1.29, 1.82) is 0 Å². The molecule has 1 aromatic carbocycles. The van der Waals surface area contributed by atoms with Gasteiger partial charge in [-0.3, -0.25) is 9.59 Å². The molecule has 2 heterocycles. The first-order chi connectivity index (χ1) is 12.1. The Labute approximate surface area is 160 Å². The minimum Gasteiger partial charge on any atom is -0.456 e. The number of esters is 1. The van der Waals surface area contributed by atoms with Crippen LogP contribution in [0.2, 0.25) is 10.0 Å². The summed E-state index contributed by atoms with van der Waals surface area (Å²) in [6.07, 6.45) is 0.375. The van der Waals surface area contributed by atoms with Crippen LogP contribution >= 0.6 is 23.2 Å². The van der Waals surface area contributed by atoms with Gasteiger partial charge in [-0.25, -0.2) is 12.7 Å². The van der Waals surface area contributed by atoms with Crippen LogP contribution in [0.5, 0.6) is 0 Å². The maximum atomic E-state index is 13.0. The van der Waals surface area contributed by atoms with Gasteiger partial charge >= 0.3 is 5.97 Å². The Kier molecular flexibility index (Phi) is 4.71. The van der Waals surface area contributed by atoms with Gasteiger partial charge in [0.15, 0.2) is 5.60 Å². The zero-order valence-corrected chi connectivity index (χ0v) is 16.2. The predicted octanol–water partition coefficient (Wildman–Crippen LogP) is 2.58. The molecule has 0 radical (unpaired) electrons. The zero-order valence-electron chi connectivity index (χ0n) is 13.9. The molecule has 7 nitrogen and oxygen atoms in total. The van der Waals surface area contributed by atoms with Crippen molar-refractivity contribution < 1.29 is 27.5 Å². The highest BCUT2D eigenvalue weighted by molar-refractivity contribution is 7.89. The highest BCUT2D eigenvalue weighted by Gasteiger charge is 2.53. The van der Waals surface area contributed by atoms with E-state index in [1.54, 1.807) is 6.07 Å². The monoisotopic (exact) mass is 419 g/mol. The number of Topliss-reactive ketones (excluding diaryl/α,β-unsaturated/α-hetero) is 1. The quantitative estimate of drug-likeness (QED) is 0.699. The van der Waals surface area contributed by atoms with E-state index in [9.17, 15) is 18.0 Å². The minimum absolute atomic E-state index is 0.0785. The van der Waals surface area contributed by atoms with Gasteiger partial charge in [0, 0.05) is 19.0 Å². The smallest absolute Gasteiger partial charge is 0.308 e. The highest BCUT2D eigenvalue weighted by atomic mass is 35.5. The fourth-order valence-electron chi connectivity index (χ4n) is 2.85. The molecule has 0 aromatic heterocycles. The van der Waals surface area contributed by atoms with Gasteiger partial charge in [0.2, 0.25) is 15.8 Å². The minimum atomic E-state index is -3.65. The normalized spacial score (nSPS) is 24.8. The summed E-state index contributed by atoms with van der Waals surface area (Å²) < 4.78 is 36.3. The maximum Gasteiger partial charge on any atom is 0.308 e.